The van der Waals surface area contributed by atoms with Crippen molar-refractivity contribution in [3.05, 3.63) is 64.1 Å². The van der Waals surface area contributed by atoms with Gasteiger partial charge in [-0.05, 0) is 50.6 Å². The Labute approximate surface area is 172 Å². The molecule has 0 spiro atoms. The maximum absolute atomic E-state index is 15.0. The monoisotopic (exact) mass is 417 g/mol. The van der Waals surface area contributed by atoms with E-state index in [4.69, 9.17) is 11.6 Å². The van der Waals surface area contributed by atoms with Gasteiger partial charge >= 0.3 is 5.97 Å². The van der Waals surface area contributed by atoms with Crippen LogP contribution in [0.15, 0.2) is 36.4 Å². The minimum Gasteiger partial charge on any atom is -0.505 e. The summed E-state index contributed by atoms with van der Waals surface area (Å²) in [6, 6.07) is 8.90. The van der Waals surface area contributed by atoms with Crippen LogP contribution < -0.4 is 0 Å². The first-order chi connectivity index (χ1) is 13.6. The smallest absolute Gasteiger partial charge is 0.313 e. The van der Waals surface area contributed by atoms with Crippen LogP contribution in [0, 0.1) is 12.7 Å². The number of phenolic OH excluding ortho intramolecular Hbond substituents is 1. The molecule has 0 fully saturated rings. The molecular weight excluding hydrogens is 397 g/mol. The average Bonchev–Trinajstić information content (AvgIpc) is 2.97. The van der Waals surface area contributed by atoms with Crippen molar-refractivity contribution in [3.63, 3.8) is 0 Å². The van der Waals surface area contributed by atoms with E-state index in [0.29, 0.717) is 17.1 Å². The van der Waals surface area contributed by atoms with Crippen molar-refractivity contribution in [3.8, 4) is 5.75 Å². The predicted molar refractivity (Wildman–Crippen MR) is 109 cm³/mol. The summed E-state index contributed by atoms with van der Waals surface area (Å²) in [6.07, 6.45) is 0.778. The van der Waals surface area contributed by atoms with Crippen molar-refractivity contribution in [1.82, 2.24) is 4.57 Å². The quantitative estimate of drug-likeness (QED) is 0.592. The molecule has 0 radical (unpaired) electrons. The second-order valence-electron chi connectivity index (χ2n) is 7.29. The molecule has 1 aromatic heterocycles. The lowest BCUT2D eigenvalue weighted by atomic mass is 9.77. The Kier molecular flexibility index (Phi) is 5.41. The van der Waals surface area contributed by atoms with Crippen LogP contribution in [0.25, 0.3) is 10.9 Å². The number of nitrogens with zero attached hydrogens (tertiary/aromatic N) is 1. The molecule has 1 heterocycles. The van der Waals surface area contributed by atoms with Gasteiger partial charge in [0.25, 0.3) is 5.91 Å². The molecule has 0 saturated carbocycles. The fourth-order valence-electron chi connectivity index (χ4n) is 3.98. The summed E-state index contributed by atoms with van der Waals surface area (Å²) in [4.78, 5) is 25.5. The SMILES string of the molecule is CCC[C@@](C)(C(=O)O)c1c(C)n(C(=O)c2cccc(Cl)c2)c2ccc(O)c(F)c12. The van der Waals surface area contributed by atoms with Crippen molar-refractivity contribution < 1.29 is 24.2 Å². The van der Waals surface area contributed by atoms with E-state index in [1.807, 2.05) is 6.92 Å². The highest BCUT2D eigenvalue weighted by molar-refractivity contribution is 6.31. The fraction of sp³-hybridized carbons (Fsp3) is 0.273. The first-order valence-corrected chi connectivity index (χ1v) is 9.57. The molecule has 152 valence electrons. The van der Waals surface area contributed by atoms with E-state index in [0.717, 1.165) is 6.07 Å². The van der Waals surface area contributed by atoms with E-state index in [-0.39, 0.29) is 28.5 Å². The zero-order valence-electron chi connectivity index (χ0n) is 16.3. The van der Waals surface area contributed by atoms with E-state index in [1.165, 1.54) is 23.6 Å². The number of hydrogen-bond donors (Lipinski definition) is 2. The number of benzene rings is 2. The van der Waals surface area contributed by atoms with Gasteiger partial charge in [-0.2, -0.15) is 0 Å². The molecule has 3 rings (SSSR count). The number of carboxylic acids is 1. The minimum atomic E-state index is -1.44. The average molecular weight is 418 g/mol. The van der Waals surface area contributed by atoms with E-state index in [2.05, 4.69) is 0 Å². The van der Waals surface area contributed by atoms with Crippen LogP contribution in [0.2, 0.25) is 5.02 Å². The van der Waals surface area contributed by atoms with Gasteiger partial charge in [-0.25, -0.2) is 4.39 Å². The van der Waals surface area contributed by atoms with Crippen molar-refractivity contribution in [2.75, 3.05) is 0 Å². The standard InChI is InChI=1S/C22H21ClFNO4/c1-4-10-22(3,21(28)29)18-12(2)25(15-8-9-16(26)19(24)17(15)18)20(27)13-6-5-7-14(23)11-13/h5-9,11,26H,4,10H2,1-3H3,(H,28,29)/t22-/m1/s1. The molecule has 0 bridgehead atoms. The van der Waals surface area contributed by atoms with Crippen molar-refractivity contribution in [2.24, 2.45) is 0 Å². The third kappa shape index (κ3) is 3.27. The van der Waals surface area contributed by atoms with E-state index >= 15 is 4.39 Å². The van der Waals surface area contributed by atoms with Gasteiger partial charge in [0.15, 0.2) is 11.6 Å². The second-order valence-corrected chi connectivity index (χ2v) is 7.73. The first kappa shape index (κ1) is 20.9. The summed E-state index contributed by atoms with van der Waals surface area (Å²) in [5.74, 6) is -3.13. The number of fused-ring (bicyclic) bond motifs is 1. The molecule has 3 aromatic rings. The van der Waals surface area contributed by atoms with Gasteiger partial charge in [0, 0.05) is 27.2 Å². The minimum absolute atomic E-state index is 0.0590. The van der Waals surface area contributed by atoms with Gasteiger partial charge in [0.1, 0.15) is 0 Å². The number of carbonyl (C=O) groups excluding carboxylic acids is 1. The number of aromatic hydroxyl groups is 1. The number of hydrogen-bond acceptors (Lipinski definition) is 3. The molecule has 5 nitrogen and oxygen atoms in total. The van der Waals surface area contributed by atoms with Gasteiger partial charge < -0.3 is 10.2 Å². The molecule has 29 heavy (non-hydrogen) atoms. The predicted octanol–water partition coefficient (Wildman–Crippen LogP) is 5.28. The Morgan fingerprint density at radius 2 is 1.93 bits per heavy atom. The highest BCUT2D eigenvalue weighted by Gasteiger charge is 2.41. The third-order valence-electron chi connectivity index (χ3n) is 5.34. The number of carboxylic acid groups (broad SMARTS) is 1. The molecule has 2 N–H and O–H groups in total. The lowest BCUT2D eigenvalue weighted by Crippen LogP contribution is -2.33. The highest BCUT2D eigenvalue weighted by Crippen LogP contribution is 2.42. The largest absolute Gasteiger partial charge is 0.505 e. The second kappa shape index (κ2) is 7.52. The van der Waals surface area contributed by atoms with E-state index in [9.17, 15) is 19.8 Å². The number of carbonyl (C=O) groups is 2. The Balaban J connectivity index is 2.42. The Morgan fingerprint density at radius 3 is 2.52 bits per heavy atom. The summed E-state index contributed by atoms with van der Waals surface area (Å²) < 4.78 is 16.3. The van der Waals surface area contributed by atoms with Crippen LogP contribution in [0.3, 0.4) is 0 Å². The molecular formula is C22H21ClFNO4. The number of halogens is 2. The van der Waals surface area contributed by atoms with Gasteiger partial charge in [-0.15, -0.1) is 0 Å². The number of aliphatic carboxylic acids is 1. The van der Waals surface area contributed by atoms with Crippen LogP contribution in [-0.4, -0.2) is 26.7 Å². The fourth-order valence-corrected chi connectivity index (χ4v) is 4.17. The molecule has 2 aromatic carbocycles. The van der Waals surface area contributed by atoms with Crippen molar-refractivity contribution in [1.29, 1.82) is 0 Å². The Hall–Kier alpha value is -2.86. The van der Waals surface area contributed by atoms with Gasteiger partial charge in [0.2, 0.25) is 0 Å². The number of phenols is 1. The van der Waals surface area contributed by atoms with Crippen LogP contribution >= 0.6 is 11.6 Å². The zero-order chi connectivity index (χ0) is 21.5. The third-order valence-corrected chi connectivity index (χ3v) is 5.57. The zero-order valence-corrected chi connectivity index (χ0v) is 17.0. The first-order valence-electron chi connectivity index (χ1n) is 9.20. The van der Waals surface area contributed by atoms with E-state index < -0.39 is 28.9 Å². The number of rotatable bonds is 5. The molecule has 7 heteroatoms. The van der Waals surface area contributed by atoms with Gasteiger partial charge in [-0.3, -0.25) is 14.2 Å². The molecule has 0 aliphatic heterocycles. The van der Waals surface area contributed by atoms with Crippen LogP contribution in [-0.2, 0) is 10.2 Å². The maximum atomic E-state index is 15.0. The van der Waals surface area contributed by atoms with Crippen molar-refractivity contribution >= 4 is 34.4 Å². The molecule has 1 atom stereocenters. The van der Waals surface area contributed by atoms with Crippen LogP contribution in [0.1, 0.15) is 48.3 Å². The molecule has 0 amide bonds. The summed E-state index contributed by atoms with van der Waals surface area (Å²) >= 11 is 6.01. The van der Waals surface area contributed by atoms with Gasteiger partial charge in [0.05, 0.1) is 10.9 Å². The Bertz CT molecular complexity index is 1140. The van der Waals surface area contributed by atoms with Crippen LogP contribution in [0.5, 0.6) is 5.75 Å². The lowest BCUT2D eigenvalue weighted by molar-refractivity contribution is -0.143. The molecule has 0 unspecified atom stereocenters. The molecule has 0 aliphatic carbocycles. The lowest BCUT2D eigenvalue weighted by Gasteiger charge is -2.25. The van der Waals surface area contributed by atoms with E-state index in [1.54, 1.807) is 25.1 Å². The summed E-state index contributed by atoms with van der Waals surface area (Å²) in [5, 5.41) is 20.2. The normalized spacial score (nSPS) is 13.4. The van der Waals surface area contributed by atoms with Crippen molar-refractivity contribution in [2.45, 2.75) is 39.0 Å². The highest BCUT2D eigenvalue weighted by atomic mass is 35.5. The molecule has 0 saturated heterocycles. The summed E-state index contributed by atoms with van der Waals surface area (Å²) in [5.41, 5.74) is -0.462. The summed E-state index contributed by atoms with van der Waals surface area (Å²) in [6.45, 7) is 4.93. The van der Waals surface area contributed by atoms with Crippen LogP contribution in [0.4, 0.5) is 4.39 Å². The van der Waals surface area contributed by atoms with Gasteiger partial charge in [-0.1, -0.05) is 31.0 Å². The topological polar surface area (TPSA) is 79.5 Å². The molecule has 0 aliphatic rings. The number of aromatic nitrogens is 1. The summed E-state index contributed by atoms with van der Waals surface area (Å²) in [7, 11) is 0. The Morgan fingerprint density at radius 1 is 1.24 bits per heavy atom. The maximum Gasteiger partial charge on any atom is 0.313 e.